The number of hydrogen-bond donors (Lipinski definition) is 2. The van der Waals surface area contributed by atoms with Gasteiger partial charge in [-0.25, -0.2) is 5.84 Å². The zero-order valence-electron chi connectivity index (χ0n) is 21.3. The number of halogens is 4. The number of ether oxygens (including phenoxy) is 1. The lowest BCUT2D eigenvalue weighted by Gasteiger charge is -2.46. The Balaban J connectivity index is 1.47. The Kier molecular flexibility index (Phi) is 8.73. The number of nitrogens with two attached hydrogens (primary N) is 2. The van der Waals surface area contributed by atoms with Gasteiger partial charge in [0.1, 0.15) is 12.6 Å². The van der Waals surface area contributed by atoms with Crippen molar-refractivity contribution in [3.05, 3.63) is 64.2 Å². The first-order valence-corrected chi connectivity index (χ1v) is 13.0. The number of aryl methyl sites for hydroxylation is 2. The molecule has 2 aliphatic rings. The van der Waals surface area contributed by atoms with E-state index in [0.29, 0.717) is 35.1 Å². The Hall–Kier alpha value is -2.27. The molecule has 1 saturated carbocycles. The van der Waals surface area contributed by atoms with Crippen molar-refractivity contribution in [3.63, 3.8) is 0 Å². The second-order valence-electron chi connectivity index (χ2n) is 10.3. The smallest absolute Gasteiger partial charge is 0.399 e. The standard InChI is InChI=1S/C26H36ClF3N6O/c1-17-11-24(33-34(17)2)19-5-9-21(10-6-19)36-14-25(23(31)13-35(32)16-26(28,29)30)37-15-22(36)12-18-3-7-20(27)8-4-18/h3-4,7-8,11,13,19,21-22,25H,5-6,9-10,12,14-16,31-32H2,1-2H3/b23-13-. The predicted octanol–water partition coefficient (Wildman–Crippen LogP) is 4.26. The van der Waals surface area contributed by atoms with E-state index in [4.69, 9.17) is 27.9 Å². The molecule has 37 heavy (non-hydrogen) atoms. The highest BCUT2D eigenvalue weighted by Gasteiger charge is 2.37. The molecule has 2 atom stereocenters. The lowest BCUT2D eigenvalue weighted by Crippen LogP contribution is -2.56. The number of rotatable bonds is 7. The van der Waals surface area contributed by atoms with Crippen molar-refractivity contribution in [2.45, 2.75) is 69.3 Å². The van der Waals surface area contributed by atoms with Crippen LogP contribution in [0.2, 0.25) is 5.02 Å². The van der Waals surface area contributed by atoms with Crippen LogP contribution >= 0.6 is 11.6 Å². The number of nitrogens with zero attached hydrogens (tertiary/aromatic N) is 4. The Labute approximate surface area is 221 Å². The van der Waals surface area contributed by atoms with Gasteiger partial charge in [-0.05, 0) is 62.8 Å². The zero-order chi connectivity index (χ0) is 26.7. The van der Waals surface area contributed by atoms with Gasteiger partial charge in [0.2, 0.25) is 0 Å². The summed E-state index contributed by atoms with van der Waals surface area (Å²) in [5.74, 6) is 5.97. The quantitative estimate of drug-likeness (QED) is 0.403. The molecule has 1 saturated heterocycles. The van der Waals surface area contributed by atoms with Crippen LogP contribution in [0.4, 0.5) is 13.2 Å². The van der Waals surface area contributed by atoms with E-state index in [1.807, 2.05) is 36.0 Å². The summed E-state index contributed by atoms with van der Waals surface area (Å²) in [7, 11) is 1.97. The molecule has 0 radical (unpaired) electrons. The third-order valence-corrected chi connectivity index (χ3v) is 7.74. The molecule has 7 nitrogen and oxygen atoms in total. The molecular weight excluding hydrogens is 505 g/mol. The van der Waals surface area contributed by atoms with Crippen molar-refractivity contribution in [1.82, 2.24) is 19.7 Å². The van der Waals surface area contributed by atoms with Crippen LogP contribution in [-0.4, -0.2) is 63.7 Å². The SMILES string of the molecule is Cc1cc(C2CCC(N3CC(/C(N)=C/N(N)CC(F)(F)F)OCC3Cc3ccc(Cl)cc3)CC2)nn1C. The topological polar surface area (TPSA) is 85.6 Å². The van der Waals surface area contributed by atoms with E-state index in [2.05, 4.69) is 23.0 Å². The summed E-state index contributed by atoms with van der Waals surface area (Å²) in [5, 5.41) is 5.95. The second kappa shape index (κ2) is 11.6. The van der Waals surface area contributed by atoms with Crippen LogP contribution < -0.4 is 11.6 Å². The number of aromatic nitrogens is 2. The summed E-state index contributed by atoms with van der Waals surface area (Å²) in [5.41, 5.74) is 9.83. The maximum Gasteiger partial charge on any atom is 0.407 e. The van der Waals surface area contributed by atoms with Gasteiger partial charge in [-0.15, -0.1) is 0 Å². The fraction of sp³-hybridized carbons (Fsp3) is 0.577. The molecule has 4 N–H and O–H groups in total. The summed E-state index contributed by atoms with van der Waals surface area (Å²) < 4.78 is 46.1. The van der Waals surface area contributed by atoms with E-state index in [0.717, 1.165) is 55.3 Å². The van der Waals surface area contributed by atoms with Crippen molar-refractivity contribution < 1.29 is 17.9 Å². The molecule has 2 unspecified atom stereocenters. The Morgan fingerprint density at radius 2 is 1.89 bits per heavy atom. The zero-order valence-corrected chi connectivity index (χ0v) is 22.0. The van der Waals surface area contributed by atoms with Crippen molar-refractivity contribution in [2.24, 2.45) is 18.6 Å². The first-order valence-electron chi connectivity index (χ1n) is 12.7. The summed E-state index contributed by atoms with van der Waals surface area (Å²) in [6, 6.07) is 10.4. The van der Waals surface area contributed by atoms with Crippen LogP contribution in [0, 0.1) is 6.92 Å². The summed E-state index contributed by atoms with van der Waals surface area (Å²) in [6.07, 6.45) is 1.04. The van der Waals surface area contributed by atoms with Gasteiger partial charge in [-0.1, -0.05) is 23.7 Å². The molecule has 4 rings (SSSR count). The number of hydrogen-bond acceptors (Lipinski definition) is 6. The number of alkyl halides is 3. The highest BCUT2D eigenvalue weighted by molar-refractivity contribution is 6.30. The lowest BCUT2D eigenvalue weighted by molar-refractivity contribution is -0.141. The van der Waals surface area contributed by atoms with Crippen LogP contribution in [0.5, 0.6) is 0 Å². The maximum atomic E-state index is 12.7. The summed E-state index contributed by atoms with van der Waals surface area (Å²) in [4.78, 5) is 2.44. The molecule has 11 heteroatoms. The largest absolute Gasteiger partial charge is 0.407 e. The number of morpholine rings is 1. The van der Waals surface area contributed by atoms with E-state index in [1.54, 1.807) is 0 Å². The van der Waals surface area contributed by atoms with Gasteiger partial charge in [-0.2, -0.15) is 18.3 Å². The van der Waals surface area contributed by atoms with Gasteiger partial charge in [0.05, 0.1) is 18.0 Å². The van der Waals surface area contributed by atoms with Gasteiger partial charge in [-0.3, -0.25) is 9.58 Å². The average molecular weight is 541 g/mol. The Bertz CT molecular complexity index is 1050. The van der Waals surface area contributed by atoms with Crippen molar-refractivity contribution in [2.75, 3.05) is 19.7 Å². The van der Waals surface area contributed by atoms with E-state index in [1.165, 1.54) is 0 Å². The third-order valence-electron chi connectivity index (χ3n) is 7.49. The summed E-state index contributed by atoms with van der Waals surface area (Å²) >= 11 is 6.07. The minimum Gasteiger partial charge on any atom is -0.399 e. The fourth-order valence-electron chi connectivity index (χ4n) is 5.45. The van der Waals surface area contributed by atoms with Crippen LogP contribution in [-0.2, 0) is 18.2 Å². The van der Waals surface area contributed by atoms with E-state index < -0.39 is 18.8 Å². The fourth-order valence-corrected chi connectivity index (χ4v) is 5.58. The monoisotopic (exact) mass is 540 g/mol. The predicted molar refractivity (Wildman–Crippen MR) is 138 cm³/mol. The Morgan fingerprint density at radius 1 is 1.22 bits per heavy atom. The summed E-state index contributed by atoms with van der Waals surface area (Å²) in [6.45, 7) is 1.70. The highest BCUT2D eigenvalue weighted by atomic mass is 35.5. The van der Waals surface area contributed by atoms with Gasteiger partial charge in [0.15, 0.2) is 0 Å². The van der Waals surface area contributed by atoms with Crippen LogP contribution in [0.15, 0.2) is 42.2 Å². The van der Waals surface area contributed by atoms with Gasteiger partial charge in [0.25, 0.3) is 0 Å². The third kappa shape index (κ3) is 7.40. The molecule has 1 aliphatic heterocycles. The van der Waals surface area contributed by atoms with Gasteiger partial charge < -0.3 is 15.5 Å². The van der Waals surface area contributed by atoms with Crippen LogP contribution in [0.25, 0.3) is 0 Å². The average Bonchev–Trinajstić information content (AvgIpc) is 3.17. The first-order chi connectivity index (χ1) is 17.5. The normalized spacial score (nSPS) is 25.9. The van der Waals surface area contributed by atoms with E-state index in [-0.39, 0.29) is 11.7 Å². The van der Waals surface area contributed by atoms with Gasteiger partial charge >= 0.3 is 6.18 Å². The van der Waals surface area contributed by atoms with Crippen molar-refractivity contribution >= 4 is 11.6 Å². The highest BCUT2D eigenvalue weighted by Crippen LogP contribution is 2.36. The molecule has 204 valence electrons. The lowest BCUT2D eigenvalue weighted by atomic mass is 9.82. The molecule has 1 aliphatic carbocycles. The molecule has 0 amide bonds. The molecule has 2 fully saturated rings. The van der Waals surface area contributed by atoms with Crippen LogP contribution in [0.3, 0.4) is 0 Å². The second-order valence-corrected chi connectivity index (χ2v) is 10.7. The molecule has 1 aromatic carbocycles. The molecule has 2 heterocycles. The van der Waals surface area contributed by atoms with Crippen molar-refractivity contribution in [3.8, 4) is 0 Å². The van der Waals surface area contributed by atoms with Crippen molar-refractivity contribution in [1.29, 1.82) is 0 Å². The molecular formula is C26H36ClF3N6O. The van der Waals surface area contributed by atoms with E-state index in [9.17, 15) is 13.2 Å². The molecule has 2 aromatic rings. The minimum atomic E-state index is -4.42. The maximum absolute atomic E-state index is 12.7. The van der Waals surface area contributed by atoms with Crippen LogP contribution in [0.1, 0.15) is 48.6 Å². The van der Waals surface area contributed by atoms with E-state index >= 15 is 0 Å². The number of hydrazine groups is 1. The Morgan fingerprint density at radius 3 is 2.49 bits per heavy atom. The molecule has 0 spiro atoms. The molecule has 1 aromatic heterocycles. The molecule has 0 bridgehead atoms. The van der Waals surface area contributed by atoms with Gasteiger partial charge in [0, 0.05) is 48.5 Å². The minimum absolute atomic E-state index is 0.119. The number of benzene rings is 1. The first kappa shape index (κ1) is 27.8.